The highest BCUT2D eigenvalue weighted by Gasteiger charge is 2.40. The van der Waals surface area contributed by atoms with Crippen molar-refractivity contribution in [1.82, 2.24) is 0 Å². The van der Waals surface area contributed by atoms with Crippen LogP contribution in [0.15, 0.2) is 48.5 Å². The van der Waals surface area contributed by atoms with Gasteiger partial charge in [0.2, 0.25) is 11.8 Å². The minimum atomic E-state index is -4.61. The average Bonchev–Trinajstić information content (AvgIpc) is 2.96. The van der Waals surface area contributed by atoms with Crippen molar-refractivity contribution in [2.24, 2.45) is 5.92 Å². The van der Waals surface area contributed by atoms with Gasteiger partial charge in [-0.15, -0.1) is 0 Å². The lowest BCUT2D eigenvalue weighted by molar-refractivity contribution is -0.137. The number of halogens is 4. The Kier molecular flexibility index (Phi) is 4.67. The number of nitrogens with one attached hydrogen (secondary N) is 1. The van der Waals surface area contributed by atoms with E-state index in [0.717, 1.165) is 17.0 Å². The largest absolute Gasteiger partial charge is 0.418 e. The first-order valence-electron chi connectivity index (χ1n) is 7.79. The zero-order valence-corrected chi connectivity index (χ0v) is 13.4. The zero-order chi connectivity index (χ0) is 18.9. The Hall–Kier alpha value is -2.90. The minimum absolute atomic E-state index is 0.174. The molecule has 0 radical (unpaired) electrons. The lowest BCUT2D eigenvalue weighted by Crippen LogP contribution is -2.29. The lowest BCUT2D eigenvalue weighted by atomic mass is 10.1. The molecule has 1 saturated heterocycles. The summed E-state index contributed by atoms with van der Waals surface area (Å²) >= 11 is 0. The van der Waals surface area contributed by atoms with E-state index in [9.17, 15) is 27.2 Å². The third-order valence-corrected chi connectivity index (χ3v) is 4.09. The topological polar surface area (TPSA) is 49.4 Å². The van der Waals surface area contributed by atoms with Crippen molar-refractivity contribution in [1.29, 1.82) is 0 Å². The molecule has 0 aliphatic carbocycles. The molecule has 2 aromatic rings. The number of amides is 2. The molecule has 1 unspecified atom stereocenters. The molecule has 8 heteroatoms. The highest BCUT2D eigenvalue weighted by atomic mass is 19.4. The molecule has 1 heterocycles. The van der Waals surface area contributed by atoms with Gasteiger partial charge in [-0.1, -0.05) is 18.2 Å². The Morgan fingerprint density at radius 1 is 1.12 bits per heavy atom. The summed E-state index contributed by atoms with van der Waals surface area (Å²) in [5, 5.41) is 2.48. The number of carbonyl (C=O) groups excluding carboxylic acids is 2. The van der Waals surface area contributed by atoms with Crippen LogP contribution in [0.1, 0.15) is 12.0 Å². The number of nitrogens with zero attached hydrogens (tertiary/aromatic N) is 1. The first-order chi connectivity index (χ1) is 12.3. The highest BCUT2D eigenvalue weighted by Crippen LogP contribution is 2.38. The second-order valence-corrected chi connectivity index (χ2v) is 5.92. The molecule has 2 amide bonds. The third kappa shape index (κ3) is 3.68. The fraction of sp³-hybridized carbons (Fsp3) is 0.222. The van der Waals surface area contributed by atoms with Gasteiger partial charge >= 0.3 is 6.18 Å². The van der Waals surface area contributed by atoms with Crippen molar-refractivity contribution in [3.63, 3.8) is 0 Å². The summed E-state index contributed by atoms with van der Waals surface area (Å²) in [6.07, 6.45) is -4.83. The summed E-state index contributed by atoms with van der Waals surface area (Å²) < 4.78 is 52.6. The van der Waals surface area contributed by atoms with E-state index in [4.69, 9.17) is 0 Å². The van der Waals surface area contributed by atoms with Crippen LogP contribution >= 0.6 is 0 Å². The molecule has 1 atom stereocenters. The van der Waals surface area contributed by atoms with E-state index in [0.29, 0.717) is 0 Å². The summed E-state index contributed by atoms with van der Waals surface area (Å²) in [4.78, 5) is 25.5. The normalized spacial score (nSPS) is 17.5. The summed E-state index contributed by atoms with van der Waals surface area (Å²) in [6.45, 7) is -0.174. The second kappa shape index (κ2) is 6.78. The van der Waals surface area contributed by atoms with Gasteiger partial charge < -0.3 is 10.2 Å². The Bertz CT molecular complexity index is 851. The fourth-order valence-electron chi connectivity index (χ4n) is 2.88. The van der Waals surface area contributed by atoms with Crippen LogP contribution in [0.5, 0.6) is 0 Å². The molecule has 4 nitrogen and oxygen atoms in total. The monoisotopic (exact) mass is 366 g/mol. The highest BCUT2D eigenvalue weighted by molar-refractivity contribution is 6.03. The van der Waals surface area contributed by atoms with E-state index < -0.39 is 35.3 Å². The van der Waals surface area contributed by atoms with Gasteiger partial charge in [-0.3, -0.25) is 9.59 Å². The van der Waals surface area contributed by atoms with Gasteiger partial charge in [-0.25, -0.2) is 4.39 Å². The maximum absolute atomic E-state index is 13.2. The smallest absolute Gasteiger partial charge is 0.326 e. The van der Waals surface area contributed by atoms with Gasteiger partial charge in [0, 0.05) is 18.7 Å². The van der Waals surface area contributed by atoms with Crippen molar-refractivity contribution >= 4 is 23.2 Å². The number of benzene rings is 2. The van der Waals surface area contributed by atoms with E-state index in [1.165, 1.54) is 36.4 Å². The molecule has 26 heavy (non-hydrogen) atoms. The van der Waals surface area contributed by atoms with Crippen LogP contribution in [0.25, 0.3) is 0 Å². The third-order valence-electron chi connectivity index (χ3n) is 4.09. The summed E-state index contributed by atoms with van der Waals surface area (Å²) in [7, 11) is 0. The minimum Gasteiger partial charge on any atom is -0.326 e. The van der Waals surface area contributed by atoms with Crippen LogP contribution in [-0.4, -0.2) is 18.4 Å². The standard InChI is InChI=1S/C18H14F4N2O2/c19-12-4-3-5-13(9-12)23-17(26)11-8-16(25)24(10-11)15-7-2-1-6-14(15)18(20,21)22/h1-7,9,11H,8,10H2,(H,23,26). The molecule has 0 saturated carbocycles. The van der Waals surface area contributed by atoms with E-state index in [2.05, 4.69) is 5.32 Å². The van der Waals surface area contributed by atoms with Crippen LogP contribution in [0.3, 0.4) is 0 Å². The van der Waals surface area contributed by atoms with Crippen molar-refractivity contribution in [3.05, 3.63) is 59.9 Å². The Morgan fingerprint density at radius 3 is 2.54 bits per heavy atom. The van der Waals surface area contributed by atoms with Crippen molar-refractivity contribution in [2.75, 3.05) is 16.8 Å². The molecule has 0 aromatic heterocycles. The maximum atomic E-state index is 13.2. The van der Waals surface area contributed by atoms with Crippen LogP contribution in [0, 0.1) is 11.7 Å². The number of rotatable bonds is 3. The number of hydrogen-bond donors (Lipinski definition) is 1. The van der Waals surface area contributed by atoms with Gasteiger partial charge in [0.15, 0.2) is 0 Å². The van der Waals surface area contributed by atoms with E-state index in [-0.39, 0.29) is 24.3 Å². The second-order valence-electron chi connectivity index (χ2n) is 5.92. The van der Waals surface area contributed by atoms with E-state index in [1.54, 1.807) is 0 Å². The van der Waals surface area contributed by atoms with Gasteiger partial charge in [0.25, 0.3) is 0 Å². The lowest BCUT2D eigenvalue weighted by Gasteiger charge is -2.21. The van der Waals surface area contributed by atoms with Crippen LogP contribution in [0.4, 0.5) is 28.9 Å². The molecule has 136 valence electrons. The zero-order valence-electron chi connectivity index (χ0n) is 13.4. The molecule has 1 N–H and O–H groups in total. The quantitative estimate of drug-likeness (QED) is 0.840. The Morgan fingerprint density at radius 2 is 1.85 bits per heavy atom. The van der Waals surface area contributed by atoms with Gasteiger partial charge in [-0.05, 0) is 30.3 Å². The van der Waals surface area contributed by atoms with Crippen molar-refractivity contribution < 1.29 is 27.2 Å². The number of anilines is 2. The van der Waals surface area contributed by atoms with Crippen molar-refractivity contribution in [2.45, 2.75) is 12.6 Å². The molecule has 3 rings (SSSR count). The van der Waals surface area contributed by atoms with Crippen LogP contribution in [0.2, 0.25) is 0 Å². The number of alkyl halides is 3. The molecular weight excluding hydrogens is 352 g/mol. The Balaban J connectivity index is 1.78. The molecule has 1 aliphatic heterocycles. The fourth-order valence-corrected chi connectivity index (χ4v) is 2.88. The number of carbonyl (C=O) groups is 2. The van der Waals surface area contributed by atoms with E-state index in [1.807, 2.05) is 0 Å². The predicted molar refractivity (Wildman–Crippen MR) is 86.9 cm³/mol. The molecule has 1 fully saturated rings. The Labute approximate surface area is 146 Å². The molecule has 0 bridgehead atoms. The van der Waals surface area contributed by atoms with Gasteiger partial charge in [0.1, 0.15) is 5.82 Å². The first kappa shape index (κ1) is 17.9. The van der Waals surface area contributed by atoms with Crippen molar-refractivity contribution in [3.8, 4) is 0 Å². The van der Waals surface area contributed by atoms with Crippen LogP contribution < -0.4 is 10.2 Å². The average molecular weight is 366 g/mol. The van der Waals surface area contributed by atoms with Crippen LogP contribution in [-0.2, 0) is 15.8 Å². The number of hydrogen-bond acceptors (Lipinski definition) is 2. The van der Waals surface area contributed by atoms with Gasteiger partial charge in [-0.2, -0.15) is 13.2 Å². The van der Waals surface area contributed by atoms with E-state index >= 15 is 0 Å². The SMILES string of the molecule is O=C(Nc1cccc(F)c1)C1CC(=O)N(c2ccccc2C(F)(F)F)C1. The molecular formula is C18H14F4N2O2. The maximum Gasteiger partial charge on any atom is 0.418 e. The van der Waals surface area contributed by atoms with Gasteiger partial charge in [0.05, 0.1) is 17.2 Å². The molecule has 2 aromatic carbocycles. The summed E-state index contributed by atoms with van der Waals surface area (Å²) in [6, 6.07) is 9.95. The predicted octanol–water partition coefficient (Wildman–Crippen LogP) is 3.84. The summed E-state index contributed by atoms with van der Waals surface area (Å²) in [5.74, 6) is -2.48. The molecule has 0 spiro atoms. The summed E-state index contributed by atoms with van der Waals surface area (Å²) in [5.41, 5.74) is -0.984. The number of para-hydroxylation sites is 1. The first-order valence-corrected chi connectivity index (χ1v) is 7.79. The molecule has 1 aliphatic rings.